The van der Waals surface area contributed by atoms with E-state index in [1.54, 1.807) is 6.20 Å². The monoisotopic (exact) mass is 319 g/mol. The molecule has 0 N–H and O–H groups in total. The minimum absolute atomic E-state index is 0.0160. The number of amides is 1. The molecule has 3 aromatic rings. The van der Waals surface area contributed by atoms with E-state index in [4.69, 9.17) is 0 Å². The molecular weight excluding hydrogens is 302 g/mol. The highest BCUT2D eigenvalue weighted by Gasteiger charge is 2.29. The Morgan fingerprint density at radius 2 is 1.96 bits per heavy atom. The second kappa shape index (κ2) is 5.60. The van der Waals surface area contributed by atoms with Crippen molar-refractivity contribution in [2.75, 3.05) is 0 Å². The normalized spacial score (nSPS) is 13.5. The zero-order valence-corrected chi connectivity index (χ0v) is 13.4. The highest BCUT2D eigenvalue weighted by molar-refractivity contribution is 5.97. The van der Waals surface area contributed by atoms with Crippen molar-refractivity contribution < 1.29 is 9.59 Å². The number of hydrogen-bond acceptors (Lipinski definition) is 3. The van der Waals surface area contributed by atoms with Crippen LogP contribution in [0.3, 0.4) is 0 Å². The molecule has 2 aromatic heterocycles. The number of Topliss-reactive ketones (excluding diaryl/α,β-unsaturated/α-hetero) is 1. The van der Waals surface area contributed by atoms with Crippen LogP contribution >= 0.6 is 0 Å². The first-order valence-electron chi connectivity index (χ1n) is 8.03. The summed E-state index contributed by atoms with van der Waals surface area (Å²) < 4.78 is 1.85. The third-order valence-corrected chi connectivity index (χ3v) is 4.47. The molecule has 24 heavy (non-hydrogen) atoms. The van der Waals surface area contributed by atoms with E-state index >= 15 is 0 Å². The second-order valence-corrected chi connectivity index (χ2v) is 6.00. The number of carbonyl (C=O) groups excluding carboxylic acids is 2. The van der Waals surface area contributed by atoms with Gasteiger partial charge in [-0.25, -0.2) is 4.98 Å². The van der Waals surface area contributed by atoms with Crippen molar-refractivity contribution in [2.24, 2.45) is 0 Å². The Bertz CT molecular complexity index is 941. The average Bonchev–Trinajstić information content (AvgIpc) is 3.19. The maximum atomic E-state index is 12.8. The number of ketones is 1. The molecule has 1 aromatic carbocycles. The Hall–Kier alpha value is -2.95. The molecule has 0 radical (unpaired) electrons. The first-order valence-corrected chi connectivity index (χ1v) is 8.03. The van der Waals surface area contributed by atoms with E-state index in [2.05, 4.69) is 4.98 Å². The Labute approximate surface area is 139 Å². The Morgan fingerprint density at radius 3 is 2.71 bits per heavy atom. The summed E-state index contributed by atoms with van der Waals surface area (Å²) in [6.45, 7) is 2.98. The topological polar surface area (TPSA) is 54.7 Å². The molecule has 0 spiro atoms. The molecule has 0 atom stereocenters. The fraction of sp³-hybridized carbons (Fsp3) is 0.211. The number of aromatic nitrogens is 2. The van der Waals surface area contributed by atoms with Crippen molar-refractivity contribution in [1.82, 2.24) is 14.3 Å². The molecular formula is C19H17N3O2. The summed E-state index contributed by atoms with van der Waals surface area (Å²) in [6.07, 6.45) is 4.02. The van der Waals surface area contributed by atoms with Crippen LogP contribution in [0.1, 0.15) is 45.3 Å². The highest BCUT2D eigenvalue weighted by atomic mass is 16.2. The molecule has 0 bridgehead atoms. The lowest BCUT2D eigenvalue weighted by molar-refractivity contribution is 0.0761. The number of carbonyl (C=O) groups is 2. The first-order chi connectivity index (χ1) is 11.7. The number of rotatable bonds is 4. The third kappa shape index (κ3) is 2.29. The van der Waals surface area contributed by atoms with E-state index in [-0.39, 0.29) is 11.7 Å². The Kier molecular flexibility index (Phi) is 3.41. The van der Waals surface area contributed by atoms with Gasteiger partial charge in [-0.1, -0.05) is 37.3 Å². The number of pyridine rings is 1. The molecule has 0 saturated carbocycles. The van der Waals surface area contributed by atoms with E-state index in [0.717, 1.165) is 22.3 Å². The van der Waals surface area contributed by atoms with Crippen molar-refractivity contribution in [2.45, 2.75) is 26.4 Å². The van der Waals surface area contributed by atoms with Crippen LogP contribution in [0.5, 0.6) is 0 Å². The fourth-order valence-electron chi connectivity index (χ4n) is 3.18. The lowest BCUT2D eigenvalue weighted by Gasteiger charge is -2.15. The molecule has 0 fully saturated rings. The van der Waals surface area contributed by atoms with Crippen molar-refractivity contribution >= 4 is 17.3 Å². The summed E-state index contributed by atoms with van der Waals surface area (Å²) in [7, 11) is 0. The summed E-state index contributed by atoms with van der Waals surface area (Å²) in [4.78, 5) is 30.5. The average molecular weight is 319 g/mol. The molecule has 0 saturated heterocycles. The molecule has 0 aliphatic carbocycles. The molecule has 1 aliphatic rings. The van der Waals surface area contributed by atoms with Gasteiger partial charge >= 0.3 is 0 Å². The van der Waals surface area contributed by atoms with Gasteiger partial charge in [0, 0.05) is 43.0 Å². The van der Waals surface area contributed by atoms with Gasteiger partial charge in [-0.3, -0.25) is 14.0 Å². The van der Waals surface area contributed by atoms with Gasteiger partial charge in [0.15, 0.2) is 5.78 Å². The lowest BCUT2D eigenvalue weighted by atomic mass is 10.1. The standard InChI is InChI=1S/C19H17N3O2/c1-2-16(23)14-5-3-13(4-6-14)11-21-12-15-7-8-17-20-9-10-22(17)18(15)19(21)24/h3-10H,2,11-12H2,1H3. The van der Waals surface area contributed by atoms with Crippen LogP contribution in [-0.4, -0.2) is 26.0 Å². The van der Waals surface area contributed by atoms with Crippen LogP contribution in [0, 0.1) is 0 Å². The zero-order valence-electron chi connectivity index (χ0n) is 13.4. The quantitative estimate of drug-likeness (QED) is 0.694. The number of benzene rings is 1. The van der Waals surface area contributed by atoms with Gasteiger partial charge in [-0.2, -0.15) is 0 Å². The highest BCUT2D eigenvalue weighted by Crippen LogP contribution is 2.25. The fourth-order valence-corrected chi connectivity index (χ4v) is 3.18. The number of imidazole rings is 1. The van der Waals surface area contributed by atoms with Crippen LogP contribution in [0.25, 0.3) is 5.65 Å². The van der Waals surface area contributed by atoms with Crippen LogP contribution in [0.15, 0.2) is 48.8 Å². The van der Waals surface area contributed by atoms with Gasteiger partial charge < -0.3 is 4.90 Å². The molecule has 3 heterocycles. The summed E-state index contributed by atoms with van der Waals surface area (Å²) in [5.41, 5.74) is 4.24. The summed E-state index contributed by atoms with van der Waals surface area (Å²) in [6, 6.07) is 11.4. The number of hydrogen-bond donors (Lipinski definition) is 0. The Morgan fingerprint density at radius 1 is 1.17 bits per heavy atom. The largest absolute Gasteiger partial charge is 0.329 e. The third-order valence-electron chi connectivity index (χ3n) is 4.47. The Balaban J connectivity index is 1.58. The number of nitrogens with zero attached hydrogens (tertiary/aromatic N) is 3. The molecule has 1 aliphatic heterocycles. The van der Waals surface area contributed by atoms with Crippen molar-refractivity contribution in [3.8, 4) is 0 Å². The minimum Gasteiger partial charge on any atom is -0.329 e. The minimum atomic E-state index is 0.0160. The van der Waals surface area contributed by atoms with Crippen molar-refractivity contribution in [3.63, 3.8) is 0 Å². The molecule has 1 amide bonds. The summed E-state index contributed by atoms with van der Waals surface area (Å²) in [5.74, 6) is 0.149. The van der Waals surface area contributed by atoms with Gasteiger partial charge in [0.1, 0.15) is 11.3 Å². The van der Waals surface area contributed by atoms with Crippen molar-refractivity contribution in [1.29, 1.82) is 0 Å². The van der Waals surface area contributed by atoms with E-state index in [1.807, 2.05) is 58.8 Å². The molecule has 5 nitrogen and oxygen atoms in total. The number of fused-ring (bicyclic) bond motifs is 3. The summed E-state index contributed by atoms with van der Waals surface area (Å²) >= 11 is 0. The van der Waals surface area contributed by atoms with Crippen LogP contribution in [0.2, 0.25) is 0 Å². The SMILES string of the molecule is CCC(=O)c1ccc(CN2Cc3ccc4nccn4c3C2=O)cc1. The predicted molar refractivity (Wildman–Crippen MR) is 89.8 cm³/mol. The van der Waals surface area contributed by atoms with Gasteiger partial charge in [0.2, 0.25) is 0 Å². The van der Waals surface area contributed by atoms with Crippen LogP contribution in [0.4, 0.5) is 0 Å². The molecule has 120 valence electrons. The molecule has 4 rings (SSSR count). The van der Waals surface area contributed by atoms with E-state index < -0.39 is 0 Å². The smallest absolute Gasteiger partial charge is 0.271 e. The van der Waals surface area contributed by atoms with Crippen LogP contribution < -0.4 is 0 Å². The van der Waals surface area contributed by atoms with E-state index in [9.17, 15) is 9.59 Å². The zero-order chi connectivity index (χ0) is 16.7. The van der Waals surface area contributed by atoms with Gasteiger partial charge in [0.25, 0.3) is 5.91 Å². The first kappa shape index (κ1) is 14.6. The molecule has 0 unspecified atom stereocenters. The maximum absolute atomic E-state index is 12.8. The second-order valence-electron chi connectivity index (χ2n) is 6.00. The molecule has 5 heteroatoms. The van der Waals surface area contributed by atoms with Gasteiger partial charge in [-0.15, -0.1) is 0 Å². The maximum Gasteiger partial charge on any atom is 0.271 e. The van der Waals surface area contributed by atoms with Crippen LogP contribution in [-0.2, 0) is 13.1 Å². The van der Waals surface area contributed by atoms with Crippen molar-refractivity contribution in [3.05, 3.63) is 71.2 Å². The predicted octanol–water partition coefficient (Wildman–Crippen LogP) is 3.08. The van der Waals surface area contributed by atoms with Gasteiger partial charge in [0.05, 0.1) is 0 Å². The van der Waals surface area contributed by atoms with E-state index in [1.165, 1.54) is 0 Å². The van der Waals surface area contributed by atoms with E-state index in [0.29, 0.717) is 25.2 Å². The lowest BCUT2D eigenvalue weighted by Crippen LogP contribution is -2.24. The van der Waals surface area contributed by atoms with Gasteiger partial charge in [-0.05, 0) is 11.6 Å². The summed E-state index contributed by atoms with van der Waals surface area (Å²) in [5, 5.41) is 0.